The van der Waals surface area contributed by atoms with Crippen molar-refractivity contribution in [2.75, 3.05) is 0 Å². The molecule has 1 N–H and O–H groups in total. The van der Waals surface area contributed by atoms with Crippen LogP contribution in [0.1, 0.15) is 0 Å². The van der Waals surface area contributed by atoms with Gasteiger partial charge in [-0.2, -0.15) is 0 Å². The molecule has 0 saturated carbocycles. The van der Waals surface area contributed by atoms with Crippen LogP contribution < -0.4 is 5.56 Å². The van der Waals surface area contributed by atoms with Crippen molar-refractivity contribution in [1.82, 2.24) is 14.6 Å². The highest BCUT2D eigenvalue weighted by Crippen LogP contribution is 1.92. The Balaban J connectivity index is 2.99. The summed E-state index contributed by atoms with van der Waals surface area (Å²) < 4.78 is 1.57. The first kappa shape index (κ1) is 5.22. The van der Waals surface area contributed by atoms with Crippen molar-refractivity contribution in [3.05, 3.63) is 34.9 Å². The fraction of sp³-hybridized carbons (Fsp3) is 0. The first-order valence-electron chi connectivity index (χ1n) is 2.89. The van der Waals surface area contributed by atoms with Crippen molar-refractivity contribution >= 4 is 5.65 Å². The molecular weight excluding hydrogens is 130 g/mol. The minimum atomic E-state index is -0.191. The SMILES string of the molecule is O=c1cnc2cccn2[nH]1. The Morgan fingerprint density at radius 2 is 2.50 bits per heavy atom. The number of fused-ring (bicyclic) bond motifs is 1. The zero-order valence-corrected chi connectivity index (χ0v) is 5.11. The molecule has 0 atom stereocenters. The van der Waals surface area contributed by atoms with Crippen LogP contribution in [0.4, 0.5) is 0 Å². The Morgan fingerprint density at radius 3 is 3.40 bits per heavy atom. The molecule has 0 aliphatic rings. The topological polar surface area (TPSA) is 50.2 Å². The highest BCUT2D eigenvalue weighted by molar-refractivity contribution is 5.35. The third kappa shape index (κ3) is 0.621. The summed E-state index contributed by atoms with van der Waals surface area (Å²) in [4.78, 5) is 14.5. The molecule has 2 heterocycles. The smallest absolute Gasteiger partial charge is 0.266 e. The number of aromatic nitrogens is 3. The van der Waals surface area contributed by atoms with E-state index in [4.69, 9.17) is 0 Å². The van der Waals surface area contributed by atoms with Gasteiger partial charge in [0.25, 0.3) is 5.56 Å². The lowest BCUT2D eigenvalue weighted by Gasteiger charge is -1.88. The summed E-state index contributed by atoms with van der Waals surface area (Å²) in [7, 11) is 0. The molecule has 50 valence electrons. The molecule has 0 aliphatic carbocycles. The van der Waals surface area contributed by atoms with Crippen LogP contribution in [0.15, 0.2) is 29.3 Å². The van der Waals surface area contributed by atoms with Gasteiger partial charge in [0.1, 0.15) is 0 Å². The van der Waals surface area contributed by atoms with E-state index in [1.54, 1.807) is 10.7 Å². The van der Waals surface area contributed by atoms with Crippen LogP contribution in [-0.4, -0.2) is 14.6 Å². The molecule has 0 radical (unpaired) electrons. The molecule has 0 spiro atoms. The van der Waals surface area contributed by atoms with Gasteiger partial charge in [0, 0.05) is 6.20 Å². The molecule has 0 saturated heterocycles. The molecule has 10 heavy (non-hydrogen) atoms. The third-order valence-corrected chi connectivity index (χ3v) is 1.27. The molecule has 2 aromatic heterocycles. The van der Waals surface area contributed by atoms with Crippen molar-refractivity contribution in [3.8, 4) is 0 Å². The Bertz CT molecular complexity index is 400. The van der Waals surface area contributed by atoms with E-state index in [-0.39, 0.29) is 5.56 Å². The van der Waals surface area contributed by atoms with E-state index < -0.39 is 0 Å². The number of nitrogens with one attached hydrogen (secondary N) is 1. The van der Waals surface area contributed by atoms with Crippen molar-refractivity contribution in [2.24, 2.45) is 0 Å². The number of H-pyrrole nitrogens is 1. The second-order valence-electron chi connectivity index (χ2n) is 1.97. The first-order valence-corrected chi connectivity index (χ1v) is 2.89. The summed E-state index contributed by atoms with van der Waals surface area (Å²) in [6.07, 6.45) is 3.00. The van der Waals surface area contributed by atoms with Gasteiger partial charge in [0.2, 0.25) is 0 Å². The third-order valence-electron chi connectivity index (χ3n) is 1.27. The molecule has 0 unspecified atom stereocenters. The summed E-state index contributed by atoms with van der Waals surface area (Å²) in [5.74, 6) is 0. The molecule has 0 aromatic carbocycles. The second-order valence-corrected chi connectivity index (χ2v) is 1.97. The minimum Gasteiger partial charge on any atom is -0.266 e. The largest absolute Gasteiger partial charge is 0.281 e. The van der Waals surface area contributed by atoms with E-state index in [1.165, 1.54) is 6.20 Å². The molecule has 2 rings (SSSR count). The average Bonchev–Trinajstić information content (AvgIpc) is 2.33. The fourth-order valence-corrected chi connectivity index (χ4v) is 0.844. The van der Waals surface area contributed by atoms with Gasteiger partial charge in [0.05, 0.1) is 6.20 Å². The van der Waals surface area contributed by atoms with Crippen LogP contribution in [0.3, 0.4) is 0 Å². The molecule has 0 amide bonds. The van der Waals surface area contributed by atoms with Crippen LogP contribution in [0.5, 0.6) is 0 Å². The molecule has 4 heteroatoms. The molecule has 0 bridgehead atoms. The van der Waals surface area contributed by atoms with Gasteiger partial charge >= 0.3 is 0 Å². The van der Waals surface area contributed by atoms with Gasteiger partial charge in [-0.05, 0) is 12.1 Å². The highest BCUT2D eigenvalue weighted by atomic mass is 16.1. The summed E-state index contributed by atoms with van der Waals surface area (Å²) >= 11 is 0. The molecule has 0 aliphatic heterocycles. The van der Waals surface area contributed by atoms with E-state index in [9.17, 15) is 4.79 Å². The Hall–Kier alpha value is -1.58. The number of nitrogens with zero attached hydrogens (tertiary/aromatic N) is 2. The normalized spacial score (nSPS) is 10.4. The quantitative estimate of drug-likeness (QED) is 0.553. The van der Waals surface area contributed by atoms with E-state index in [1.807, 2.05) is 12.1 Å². The van der Waals surface area contributed by atoms with Crippen LogP contribution in [0.25, 0.3) is 5.65 Å². The summed E-state index contributed by atoms with van der Waals surface area (Å²) in [6.45, 7) is 0. The number of rotatable bonds is 0. The van der Waals surface area contributed by atoms with Crippen LogP contribution in [0, 0.1) is 0 Å². The second kappa shape index (κ2) is 1.70. The molecule has 4 nitrogen and oxygen atoms in total. The fourth-order valence-electron chi connectivity index (χ4n) is 0.844. The van der Waals surface area contributed by atoms with Gasteiger partial charge in [-0.3, -0.25) is 9.89 Å². The van der Waals surface area contributed by atoms with E-state index in [0.29, 0.717) is 0 Å². The van der Waals surface area contributed by atoms with Crippen LogP contribution in [0.2, 0.25) is 0 Å². The van der Waals surface area contributed by atoms with E-state index >= 15 is 0 Å². The number of hydrogen-bond acceptors (Lipinski definition) is 2. The molecule has 0 fully saturated rings. The van der Waals surface area contributed by atoms with E-state index in [0.717, 1.165) is 5.65 Å². The van der Waals surface area contributed by atoms with Crippen molar-refractivity contribution in [3.63, 3.8) is 0 Å². The number of hydrogen-bond donors (Lipinski definition) is 1. The lowest BCUT2D eigenvalue weighted by Crippen LogP contribution is -2.09. The lowest BCUT2D eigenvalue weighted by atomic mass is 10.6. The van der Waals surface area contributed by atoms with Crippen LogP contribution in [-0.2, 0) is 0 Å². The Kier molecular flexibility index (Phi) is 0.887. The predicted octanol–water partition coefficient (Wildman–Crippen LogP) is 0.0226. The summed E-state index contributed by atoms with van der Waals surface area (Å²) in [6, 6.07) is 3.63. The maximum absolute atomic E-state index is 10.6. The van der Waals surface area contributed by atoms with E-state index in [2.05, 4.69) is 10.1 Å². The standard InChI is InChI=1S/C6H5N3O/c10-6-4-7-5-2-1-3-9(5)8-6/h1-4H,(H,8,10). The van der Waals surface area contributed by atoms with Gasteiger partial charge in [-0.1, -0.05) is 0 Å². The highest BCUT2D eigenvalue weighted by Gasteiger charge is 1.89. The average molecular weight is 135 g/mol. The maximum Gasteiger partial charge on any atom is 0.281 e. The minimum absolute atomic E-state index is 0.191. The van der Waals surface area contributed by atoms with Crippen LogP contribution >= 0.6 is 0 Å². The van der Waals surface area contributed by atoms with Gasteiger partial charge < -0.3 is 0 Å². The monoisotopic (exact) mass is 135 g/mol. The lowest BCUT2D eigenvalue weighted by molar-refractivity contribution is 0.879. The predicted molar refractivity (Wildman–Crippen MR) is 35.8 cm³/mol. The van der Waals surface area contributed by atoms with Gasteiger partial charge in [-0.15, -0.1) is 0 Å². The molecular formula is C6H5N3O. The summed E-state index contributed by atoms with van der Waals surface area (Å²) in [5.41, 5.74) is 0.559. The Morgan fingerprint density at radius 1 is 1.60 bits per heavy atom. The van der Waals surface area contributed by atoms with Crippen molar-refractivity contribution in [2.45, 2.75) is 0 Å². The zero-order valence-electron chi connectivity index (χ0n) is 5.11. The van der Waals surface area contributed by atoms with Crippen molar-refractivity contribution in [1.29, 1.82) is 0 Å². The first-order chi connectivity index (χ1) is 4.86. The molecule has 2 aromatic rings. The zero-order chi connectivity index (χ0) is 6.97. The maximum atomic E-state index is 10.6. The van der Waals surface area contributed by atoms with Gasteiger partial charge in [0.15, 0.2) is 5.65 Å². The van der Waals surface area contributed by atoms with Crippen molar-refractivity contribution < 1.29 is 0 Å². The van der Waals surface area contributed by atoms with Gasteiger partial charge in [-0.25, -0.2) is 9.50 Å². The Labute approximate surface area is 56.1 Å². The number of aromatic amines is 1. The summed E-state index contributed by atoms with van der Waals surface area (Å²) in [5, 5.41) is 2.57.